The van der Waals surface area contributed by atoms with Crippen molar-refractivity contribution in [2.75, 3.05) is 6.54 Å². The van der Waals surface area contributed by atoms with Crippen molar-refractivity contribution in [3.05, 3.63) is 35.9 Å². The number of nitrogens with one attached hydrogen (secondary N) is 1. The van der Waals surface area contributed by atoms with E-state index in [4.69, 9.17) is 0 Å². The van der Waals surface area contributed by atoms with Crippen LogP contribution in [0.3, 0.4) is 0 Å². The summed E-state index contributed by atoms with van der Waals surface area (Å²) in [6.45, 7) is 6.51. The standard InChI is InChI=1S/C17H24N2O2/c1-12(2)11-15-17(21)19(13(3)16(20)18-15)10-9-14-7-5-4-6-8-14/h4-8,12-13,15H,9-11H2,1-3H3,(H,18,20). The summed E-state index contributed by atoms with van der Waals surface area (Å²) in [5.74, 6) is 0.378. The molecule has 0 spiro atoms. The van der Waals surface area contributed by atoms with Gasteiger partial charge in [-0.2, -0.15) is 0 Å². The van der Waals surface area contributed by atoms with E-state index in [1.807, 2.05) is 30.3 Å². The summed E-state index contributed by atoms with van der Waals surface area (Å²) >= 11 is 0. The number of carbonyl (C=O) groups is 2. The Labute approximate surface area is 126 Å². The maximum absolute atomic E-state index is 12.5. The van der Waals surface area contributed by atoms with Crippen molar-refractivity contribution in [3.8, 4) is 0 Å². The average molecular weight is 288 g/mol. The number of piperazine rings is 1. The minimum absolute atomic E-state index is 0.0479. The van der Waals surface area contributed by atoms with Gasteiger partial charge in [0.1, 0.15) is 12.1 Å². The molecule has 1 aliphatic heterocycles. The van der Waals surface area contributed by atoms with Crippen LogP contribution in [0.1, 0.15) is 32.8 Å². The van der Waals surface area contributed by atoms with Crippen LogP contribution < -0.4 is 5.32 Å². The molecule has 1 saturated heterocycles. The lowest BCUT2D eigenvalue weighted by Crippen LogP contribution is -2.62. The van der Waals surface area contributed by atoms with Gasteiger partial charge in [0, 0.05) is 6.54 Å². The molecule has 0 aromatic heterocycles. The third-order valence-electron chi connectivity index (χ3n) is 3.94. The third-order valence-corrected chi connectivity index (χ3v) is 3.94. The monoisotopic (exact) mass is 288 g/mol. The Bertz CT molecular complexity index is 499. The Hall–Kier alpha value is -1.84. The van der Waals surface area contributed by atoms with E-state index in [2.05, 4.69) is 19.2 Å². The summed E-state index contributed by atoms with van der Waals surface area (Å²) in [6, 6.07) is 9.30. The number of benzene rings is 1. The maximum atomic E-state index is 12.5. The van der Waals surface area contributed by atoms with Crippen molar-refractivity contribution in [1.82, 2.24) is 10.2 Å². The maximum Gasteiger partial charge on any atom is 0.245 e. The average Bonchev–Trinajstić information content (AvgIpc) is 2.45. The quantitative estimate of drug-likeness (QED) is 0.901. The zero-order valence-corrected chi connectivity index (χ0v) is 13.0. The van der Waals surface area contributed by atoms with E-state index in [9.17, 15) is 9.59 Å². The molecular formula is C17H24N2O2. The molecule has 0 radical (unpaired) electrons. The topological polar surface area (TPSA) is 49.4 Å². The van der Waals surface area contributed by atoms with Crippen molar-refractivity contribution < 1.29 is 9.59 Å². The molecule has 1 fully saturated rings. The zero-order valence-electron chi connectivity index (χ0n) is 13.0. The molecule has 0 saturated carbocycles. The number of rotatable bonds is 5. The first-order valence-corrected chi connectivity index (χ1v) is 7.64. The van der Waals surface area contributed by atoms with Gasteiger partial charge in [-0.15, -0.1) is 0 Å². The Morgan fingerprint density at radius 1 is 1.19 bits per heavy atom. The van der Waals surface area contributed by atoms with E-state index >= 15 is 0 Å². The van der Waals surface area contributed by atoms with Crippen LogP contribution in [0.5, 0.6) is 0 Å². The Kier molecular flexibility index (Phi) is 4.99. The lowest BCUT2D eigenvalue weighted by molar-refractivity contribution is -0.149. The van der Waals surface area contributed by atoms with Crippen LogP contribution in [0, 0.1) is 5.92 Å². The fourth-order valence-corrected chi connectivity index (χ4v) is 2.72. The molecule has 1 aromatic carbocycles. The molecule has 114 valence electrons. The second-order valence-corrected chi connectivity index (χ2v) is 6.13. The largest absolute Gasteiger partial charge is 0.343 e. The van der Waals surface area contributed by atoms with E-state index in [1.165, 1.54) is 5.56 Å². The first kappa shape index (κ1) is 15.5. The normalized spacial score (nSPS) is 22.6. The summed E-state index contributed by atoms with van der Waals surface area (Å²) < 4.78 is 0. The number of carbonyl (C=O) groups excluding carboxylic acids is 2. The Balaban J connectivity index is 2.04. The van der Waals surface area contributed by atoms with Gasteiger partial charge in [-0.05, 0) is 31.2 Å². The number of hydrogen-bond acceptors (Lipinski definition) is 2. The van der Waals surface area contributed by atoms with Crippen LogP contribution in [-0.2, 0) is 16.0 Å². The molecule has 2 rings (SSSR count). The van der Waals surface area contributed by atoms with Gasteiger partial charge in [0.2, 0.25) is 11.8 Å². The van der Waals surface area contributed by atoms with Crippen molar-refractivity contribution in [2.45, 2.75) is 45.7 Å². The smallest absolute Gasteiger partial charge is 0.245 e. The molecule has 2 unspecified atom stereocenters. The second-order valence-electron chi connectivity index (χ2n) is 6.13. The number of amides is 2. The highest BCUT2D eigenvalue weighted by Crippen LogP contribution is 2.16. The molecule has 21 heavy (non-hydrogen) atoms. The van der Waals surface area contributed by atoms with E-state index in [-0.39, 0.29) is 23.9 Å². The van der Waals surface area contributed by atoms with Gasteiger partial charge < -0.3 is 10.2 Å². The first-order chi connectivity index (χ1) is 9.99. The fourth-order valence-electron chi connectivity index (χ4n) is 2.72. The minimum atomic E-state index is -0.385. The van der Waals surface area contributed by atoms with Gasteiger partial charge in [-0.3, -0.25) is 9.59 Å². The van der Waals surface area contributed by atoms with Gasteiger partial charge in [-0.25, -0.2) is 0 Å². The molecule has 2 amide bonds. The first-order valence-electron chi connectivity index (χ1n) is 7.64. The van der Waals surface area contributed by atoms with E-state index in [0.717, 1.165) is 6.42 Å². The van der Waals surface area contributed by atoms with E-state index in [0.29, 0.717) is 18.9 Å². The lowest BCUT2D eigenvalue weighted by atomic mass is 9.98. The molecule has 2 atom stereocenters. The van der Waals surface area contributed by atoms with Gasteiger partial charge in [0.15, 0.2) is 0 Å². The summed E-state index contributed by atoms with van der Waals surface area (Å²) in [5.41, 5.74) is 1.18. The summed E-state index contributed by atoms with van der Waals surface area (Å²) in [7, 11) is 0. The van der Waals surface area contributed by atoms with Gasteiger partial charge in [-0.1, -0.05) is 44.2 Å². The predicted molar refractivity (Wildman–Crippen MR) is 82.7 cm³/mol. The predicted octanol–water partition coefficient (Wildman–Crippen LogP) is 1.99. The second kappa shape index (κ2) is 6.74. The van der Waals surface area contributed by atoms with Crippen molar-refractivity contribution in [1.29, 1.82) is 0 Å². The van der Waals surface area contributed by atoms with Gasteiger partial charge in [0.05, 0.1) is 0 Å². The van der Waals surface area contributed by atoms with Crippen molar-refractivity contribution in [3.63, 3.8) is 0 Å². The van der Waals surface area contributed by atoms with E-state index in [1.54, 1.807) is 11.8 Å². The van der Waals surface area contributed by atoms with Crippen LogP contribution in [0.4, 0.5) is 0 Å². The molecule has 1 heterocycles. The number of nitrogens with zero attached hydrogens (tertiary/aromatic N) is 1. The number of hydrogen-bond donors (Lipinski definition) is 1. The molecule has 1 aliphatic rings. The highest BCUT2D eigenvalue weighted by molar-refractivity contribution is 5.96. The minimum Gasteiger partial charge on any atom is -0.343 e. The van der Waals surface area contributed by atoms with Gasteiger partial charge in [0.25, 0.3) is 0 Å². The van der Waals surface area contributed by atoms with Gasteiger partial charge >= 0.3 is 0 Å². The van der Waals surface area contributed by atoms with Crippen LogP contribution in [0.2, 0.25) is 0 Å². The molecule has 4 heteroatoms. The van der Waals surface area contributed by atoms with Crippen LogP contribution >= 0.6 is 0 Å². The summed E-state index contributed by atoms with van der Waals surface area (Å²) in [4.78, 5) is 26.3. The Morgan fingerprint density at radius 2 is 1.86 bits per heavy atom. The Morgan fingerprint density at radius 3 is 2.48 bits per heavy atom. The highest BCUT2D eigenvalue weighted by Gasteiger charge is 2.37. The van der Waals surface area contributed by atoms with E-state index < -0.39 is 0 Å². The molecule has 0 aliphatic carbocycles. The molecule has 0 bridgehead atoms. The summed E-state index contributed by atoms with van der Waals surface area (Å²) in [6.07, 6.45) is 1.47. The third kappa shape index (κ3) is 3.84. The molecule has 4 nitrogen and oxygen atoms in total. The molecule has 1 aromatic rings. The molecule has 1 N–H and O–H groups in total. The van der Waals surface area contributed by atoms with Crippen molar-refractivity contribution in [2.24, 2.45) is 5.92 Å². The van der Waals surface area contributed by atoms with Crippen LogP contribution in [-0.4, -0.2) is 35.3 Å². The SMILES string of the molecule is CC(C)CC1NC(=O)C(C)N(CCc2ccccc2)C1=O. The van der Waals surface area contributed by atoms with Crippen molar-refractivity contribution >= 4 is 11.8 Å². The summed E-state index contributed by atoms with van der Waals surface area (Å²) in [5, 5.41) is 2.85. The molecular weight excluding hydrogens is 264 g/mol. The highest BCUT2D eigenvalue weighted by atomic mass is 16.2. The lowest BCUT2D eigenvalue weighted by Gasteiger charge is -2.38. The zero-order chi connectivity index (χ0) is 15.4. The van der Waals surface area contributed by atoms with Crippen LogP contribution in [0.15, 0.2) is 30.3 Å². The van der Waals surface area contributed by atoms with Crippen LogP contribution in [0.25, 0.3) is 0 Å². The fraction of sp³-hybridized carbons (Fsp3) is 0.529.